The summed E-state index contributed by atoms with van der Waals surface area (Å²) in [5.41, 5.74) is 1.31. The smallest absolute Gasteiger partial charge is 0.340 e. The van der Waals surface area contributed by atoms with E-state index in [0.29, 0.717) is 5.00 Å². The number of ether oxygens (including phenoxy) is 1. The number of carboxylic acid groups (broad SMARTS) is 1. The topological polar surface area (TPSA) is 92.7 Å². The fourth-order valence-corrected chi connectivity index (χ4v) is 3.31. The molecule has 0 spiro atoms. The number of nitrogens with one attached hydrogen (secondary N) is 1. The average molecular weight is 359 g/mol. The number of rotatable bonds is 6. The third-order valence-corrected chi connectivity index (χ3v) is 4.73. The lowest BCUT2D eigenvalue weighted by Crippen LogP contribution is -2.11. The number of carbonyl (C=O) groups excluding carboxylic acids is 2. The molecule has 25 heavy (non-hydrogen) atoms. The van der Waals surface area contributed by atoms with Gasteiger partial charge in [0.05, 0.1) is 12.7 Å². The van der Waals surface area contributed by atoms with Gasteiger partial charge >= 0.3 is 11.9 Å². The summed E-state index contributed by atoms with van der Waals surface area (Å²) < 4.78 is 4.76. The van der Waals surface area contributed by atoms with Crippen molar-refractivity contribution in [2.75, 3.05) is 12.4 Å². The highest BCUT2D eigenvalue weighted by Crippen LogP contribution is 2.36. The summed E-state index contributed by atoms with van der Waals surface area (Å²) in [6.07, 6.45) is 1.62. The van der Waals surface area contributed by atoms with Crippen molar-refractivity contribution in [3.8, 4) is 0 Å². The zero-order chi connectivity index (χ0) is 18.4. The van der Waals surface area contributed by atoms with Crippen LogP contribution in [0.5, 0.6) is 0 Å². The number of benzene rings is 1. The van der Waals surface area contributed by atoms with E-state index in [0.717, 1.165) is 22.6 Å². The van der Waals surface area contributed by atoms with Crippen molar-refractivity contribution in [1.29, 1.82) is 0 Å². The molecule has 1 amide bonds. The predicted octanol–water partition coefficient (Wildman–Crippen LogP) is 3.27. The molecule has 6 nitrogen and oxygen atoms in total. The highest BCUT2D eigenvalue weighted by molar-refractivity contribution is 7.16. The van der Waals surface area contributed by atoms with Gasteiger partial charge in [-0.25, -0.2) is 9.59 Å². The Morgan fingerprint density at radius 2 is 1.88 bits per heavy atom. The van der Waals surface area contributed by atoms with Crippen LogP contribution in [0.15, 0.2) is 48.6 Å². The minimum absolute atomic E-state index is 0.0230. The van der Waals surface area contributed by atoms with Crippen molar-refractivity contribution in [1.82, 2.24) is 0 Å². The van der Waals surface area contributed by atoms with Crippen LogP contribution in [-0.2, 0) is 14.3 Å². The molecule has 1 atom stereocenters. The molecule has 1 heterocycles. The van der Waals surface area contributed by atoms with E-state index in [9.17, 15) is 14.4 Å². The summed E-state index contributed by atoms with van der Waals surface area (Å²) in [6, 6.07) is 11.4. The maximum atomic E-state index is 12.0. The minimum Gasteiger partial charge on any atom is -0.478 e. The van der Waals surface area contributed by atoms with Crippen LogP contribution in [0, 0.1) is 0 Å². The highest BCUT2D eigenvalue weighted by atomic mass is 32.1. The zero-order valence-corrected chi connectivity index (χ0v) is 14.5. The number of anilines is 1. The average Bonchev–Trinajstić information content (AvgIpc) is 3.03. The molecule has 0 aliphatic rings. The van der Waals surface area contributed by atoms with Gasteiger partial charge in [-0.05, 0) is 11.6 Å². The molecule has 7 heteroatoms. The van der Waals surface area contributed by atoms with Crippen molar-refractivity contribution in [3.63, 3.8) is 0 Å². The van der Waals surface area contributed by atoms with Gasteiger partial charge in [0.2, 0.25) is 5.91 Å². The Labute approximate surface area is 148 Å². The fraction of sp³-hybridized carbons (Fsp3) is 0.167. The summed E-state index contributed by atoms with van der Waals surface area (Å²) in [6.45, 7) is 2.00. The molecule has 0 aliphatic heterocycles. The van der Waals surface area contributed by atoms with Crippen molar-refractivity contribution >= 4 is 34.2 Å². The summed E-state index contributed by atoms with van der Waals surface area (Å²) in [7, 11) is 1.26. The van der Waals surface area contributed by atoms with Gasteiger partial charge in [0, 0.05) is 22.9 Å². The number of hydrogen-bond donors (Lipinski definition) is 2. The predicted molar refractivity (Wildman–Crippen MR) is 95.0 cm³/mol. The Morgan fingerprint density at radius 1 is 1.20 bits per heavy atom. The molecule has 0 fully saturated rings. The Kier molecular flexibility index (Phi) is 6.08. The van der Waals surface area contributed by atoms with E-state index in [-0.39, 0.29) is 11.5 Å². The second-order valence-electron chi connectivity index (χ2n) is 5.18. The molecule has 0 aliphatic carbocycles. The Balaban J connectivity index is 2.32. The van der Waals surface area contributed by atoms with Gasteiger partial charge in [-0.2, -0.15) is 0 Å². The first kappa shape index (κ1) is 18.4. The van der Waals surface area contributed by atoms with Crippen LogP contribution in [-0.4, -0.2) is 30.1 Å². The minimum atomic E-state index is -1.23. The van der Waals surface area contributed by atoms with Crippen LogP contribution in [0.1, 0.15) is 33.6 Å². The van der Waals surface area contributed by atoms with Crippen molar-refractivity contribution < 1.29 is 24.2 Å². The fourth-order valence-electron chi connectivity index (χ4n) is 2.18. The summed E-state index contributed by atoms with van der Waals surface area (Å²) >= 11 is 1.25. The molecule has 0 saturated heterocycles. The van der Waals surface area contributed by atoms with Crippen LogP contribution in [0.2, 0.25) is 0 Å². The third kappa shape index (κ3) is 4.77. The first-order valence-electron chi connectivity index (χ1n) is 7.41. The molecule has 2 rings (SSSR count). The third-order valence-electron chi connectivity index (χ3n) is 3.50. The molecule has 0 saturated carbocycles. The largest absolute Gasteiger partial charge is 0.478 e. The maximum absolute atomic E-state index is 12.0. The van der Waals surface area contributed by atoms with Crippen LogP contribution < -0.4 is 5.32 Å². The van der Waals surface area contributed by atoms with Gasteiger partial charge in [0.1, 0.15) is 5.00 Å². The highest BCUT2D eigenvalue weighted by Gasteiger charge is 2.21. The number of thiophene rings is 1. The number of amides is 1. The number of carbonyl (C=O) groups is 3. The number of aliphatic carboxylic acids is 1. The van der Waals surface area contributed by atoms with Gasteiger partial charge in [-0.3, -0.25) is 4.79 Å². The Bertz CT molecular complexity index is 810. The molecule has 0 radical (unpaired) electrons. The quantitative estimate of drug-likeness (QED) is 0.610. The SMILES string of the molecule is COC(=O)c1cc(C(C)c2ccccc2)sc1NC(=O)C=CC(=O)O. The molecule has 130 valence electrons. The Hall–Kier alpha value is -2.93. The van der Waals surface area contributed by atoms with Crippen LogP contribution in [0.25, 0.3) is 0 Å². The lowest BCUT2D eigenvalue weighted by Gasteiger charge is -2.08. The van der Waals surface area contributed by atoms with Crippen LogP contribution in [0.3, 0.4) is 0 Å². The number of methoxy groups -OCH3 is 1. The van der Waals surface area contributed by atoms with E-state index in [2.05, 4.69) is 5.32 Å². The second kappa shape index (κ2) is 8.25. The monoisotopic (exact) mass is 359 g/mol. The van der Waals surface area contributed by atoms with Crippen LogP contribution in [0.4, 0.5) is 5.00 Å². The zero-order valence-electron chi connectivity index (χ0n) is 13.7. The van der Waals surface area contributed by atoms with E-state index in [1.165, 1.54) is 18.4 Å². The molecular weight excluding hydrogens is 342 g/mol. The number of hydrogen-bond acceptors (Lipinski definition) is 5. The number of esters is 1. The van der Waals surface area contributed by atoms with E-state index >= 15 is 0 Å². The van der Waals surface area contributed by atoms with Gasteiger partial charge < -0.3 is 15.2 Å². The molecule has 2 N–H and O–H groups in total. The summed E-state index contributed by atoms with van der Waals surface area (Å²) in [4.78, 5) is 35.2. The standard InChI is InChI=1S/C18H17NO5S/c1-11(12-6-4-3-5-7-12)14-10-13(18(23)24-2)17(25-14)19-15(20)8-9-16(21)22/h3-11H,1-2H3,(H,19,20)(H,21,22). The van der Waals surface area contributed by atoms with Crippen molar-refractivity contribution in [2.45, 2.75) is 12.8 Å². The maximum Gasteiger partial charge on any atom is 0.340 e. The van der Waals surface area contributed by atoms with Crippen molar-refractivity contribution in [3.05, 3.63) is 64.6 Å². The molecule has 1 aromatic carbocycles. The number of carboxylic acids is 1. The van der Waals surface area contributed by atoms with E-state index in [4.69, 9.17) is 9.84 Å². The molecule has 0 bridgehead atoms. The first-order valence-corrected chi connectivity index (χ1v) is 8.23. The van der Waals surface area contributed by atoms with Gasteiger partial charge in [-0.15, -0.1) is 11.3 Å². The second-order valence-corrected chi connectivity index (χ2v) is 6.26. The molecule has 1 unspecified atom stereocenters. The van der Waals surface area contributed by atoms with Gasteiger partial charge in [0.25, 0.3) is 0 Å². The van der Waals surface area contributed by atoms with E-state index in [1.54, 1.807) is 6.07 Å². The van der Waals surface area contributed by atoms with Gasteiger partial charge in [-0.1, -0.05) is 37.3 Å². The van der Waals surface area contributed by atoms with Gasteiger partial charge in [0.15, 0.2) is 0 Å². The van der Waals surface area contributed by atoms with E-state index < -0.39 is 17.8 Å². The van der Waals surface area contributed by atoms with Crippen molar-refractivity contribution in [2.24, 2.45) is 0 Å². The molecular formula is C18H17NO5S. The normalized spacial score (nSPS) is 11.9. The molecule has 2 aromatic rings. The Morgan fingerprint density at radius 3 is 2.48 bits per heavy atom. The first-order chi connectivity index (χ1) is 11.9. The van der Waals surface area contributed by atoms with Crippen LogP contribution >= 0.6 is 11.3 Å². The lowest BCUT2D eigenvalue weighted by atomic mass is 9.99. The summed E-state index contributed by atoms with van der Waals surface area (Å²) in [5, 5.41) is 11.4. The lowest BCUT2D eigenvalue weighted by molar-refractivity contribution is -0.131. The molecule has 1 aromatic heterocycles. The van der Waals surface area contributed by atoms with E-state index in [1.807, 2.05) is 37.3 Å². The summed E-state index contributed by atoms with van der Waals surface area (Å²) in [5.74, 6) is -2.41.